The maximum Gasteiger partial charge on any atom is 0.0897 e. The van der Waals surface area contributed by atoms with Gasteiger partial charge >= 0.3 is 0 Å². The van der Waals surface area contributed by atoms with E-state index < -0.39 is 0 Å². The second-order valence-corrected chi connectivity index (χ2v) is 7.51. The maximum absolute atomic E-state index is 9.92. The van der Waals surface area contributed by atoms with Crippen LogP contribution in [0.2, 0.25) is 0 Å². The molecule has 1 aliphatic carbocycles. The molecule has 1 rings (SSSR count). The van der Waals surface area contributed by atoms with Gasteiger partial charge in [0, 0.05) is 19.2 Å². The predicted octanol–water partition coefficient (Wildman–Crippen LogP) is 3.89. The van der Waals surface area contributed by atoms with E-state index in [2.05, 4.69) is 26.1 Å². The number of aliphatic hydroxyl groups is 1. The summed E-state index contributed by atoms with van der Waals surface area (Å²) in [4.78, 5) is 0. The molecular weight excluding hydrogens is 262 g/mol. The fourth-order valence-corrected chi connectivity index (χ4v) is 3.18. The molecule has 2 unspecified atom stereocenters. The lowest BCUT2D eigenvalue weighted by molar-refractivity contribution is 0.0340. The highest BCUT2D eigenvalue weighted by Gasteiger charge is 2.30. The van der Waals surface area contributed by atoms with Gasteiger partial charge in [0.05, 0.1) is 12.7 Å². The third-order valence-corrected chi connectivity index (χ3v) is 4.56. The van der Waals surface area contributed by atoms with Crippen molar-refractivity contribution in [3.63, 3.8) is 0 Å². The molecule has 0 amide bonds. The Hall–Kier alpha value is -0.120. The highest BCUT2D eigenvalue weighted by atomic mass is 16.5. The zero-order valence-corrected chi connectivity index (χ0v) is 14.5. The lowest BCUT2D eigenvalue weighted by atomic mass is 9.92. The van der Waals surface area contributed by atoms with Crippen molar-refractivity contribution < 1.29 is 9.84 Å². The van der Waals surface area contributed by atoms with E-state index in [0.29, 0.717) is 24.6 Å². The monoisotopic (exact) mass is 299 g/mol. The summed E-state index contributed by atoms with van der Waals surface area (Å²) in [5.74, 6) is 0. The van der Waals surface area contributed by atoms with Gasteiger partial charge in [-0.25, -0.2) is 0 Å². The zero-order chi connectivity index (χ0) is 15.6. The summed E-state index contributed by atoms with van der Waals surface area (Å²) in [5, 5.41) is 13.4. The Labute approximate surface area is 131 Å². The molecule has 1 fully saturated rings. The van der Waals surface area contributed by atoms with Crippen LogP contribution in [-0.2, 0) is 4.74 Å². The standard InChI is InChI=1S/C18H37NO2/c1-4-5-6-7-8-9-12-21-15-17(20)14-19-16-10-11-18(2,3)13-16/h16-17,19-20H,4-15H2,1-3H3. The van der Waals surface area contributed by atoms with Gasteiger partial charge in [-0.3, -0.25) is 0 Å². The van der Waals surface area contributed by atoms with Gasteiger partial charge in [-0.05, 0) is 31.1 Å². The lowest BCUT2D eigenvalue weighted by Gasteiger charge is -2.19. The van der Waals surface area contributed by atoms with Crippen molar-refractivity contribution in [2.75, 3.05) is 19.8 Å². The van der Waals surface area contributed by atoms with Crippen LogP contribution in [0.4, 0.5) is 0 Å². The zero-order valence-electron chi connectivity index (χ0n) is 14.5. The van der Waals surface area contributed by atoms with Crippen LogP contribution in [0.15, 0.2) is 0 Å². The second kappa shape index (κ2) is 10.6. The third-order valence-electron chi connectivity index (χ3n) is 4.56. The summed E-state index contributed by atoms with van der Waals surface area (Å²) < 4.78 is 5.57. The Morgan fingerprint density at radius 2 is 1.90 bits per heavy atom. The molecule has 0 saturated heterocycles. The van der Waals surface area contributed by atoms with Crippen molar-refractivity contribution in [3.05, 3.63) is 0 Å². The molecule has 0 aromatic carbocycles. The van der Waals surface area contributed by atoms with Crippen molar-refractivity contribution in [1.29, 1.82) is 0 Å². The minimum Gasteiger partial charge on any atom is -0.389 e. The van der Waals surface area contributed by atoms with Crippen LogP contribution in [0.25, 0.3) is 0 Å². The molecule has 21 heavy (non-hydrogen) atoms. The number of aliphatic hydroxyl groups excluding tert-OH is 1. The van der Waals surface area contributed by atoms with E-state index in [9.17, 15) is 5.11 Å². The van der Waals surface area contributed by atoms with Gasteiger partial charge in [0.15, 0.2) is 0 Å². The van der Waals surface area contributed by atoms with Crippen LogP contribution in [0.1, 0.15) is 78.6 Å². The quantitative estimate of drug-likeness (QED) is 0.537. The van der Waals surface area contributed by atoms with E-state index in [1.54, 1.807) is 0 Å². The van der Waals surface area contributed by atoms with Gasteiger partial charge in [-0.1, -0.05) is 52.9 Å². The van der Waals surface area contributed by atoms with Crippen LogP contribution in [0.5, 0.6) is 0 Å². The number of nitrogens with one attached hydrogen (secondary N) is 1. The Kier molecular flexibility index (Phi) is 9.54. The van der Waals surface area contributed by atoms with Crippen molar-refractivity contribution in [3.8, 4) is 0 Å². The minimum atomic E-state index is -0.367. The molecule has 3 nitrogen and oxygen atoms in total. The summed E-state index contributed by atoms with van der Waals surface area (Å²) in [7, 11) is 0. The number of hydrogen-bond acceptors (Lipinski definition) is 3. The fourth-order valence-electron chi connectivity index (χ4n) is 3.18. The predicted molar refractivity (Wildman–Crippen MR) is 89.6 cm³/mol. The molecular formula is C18H37NO2. The first-order chi connectivity index (χ1) is 10.0. The van der Waals surface area contributed by atoms with Crippen molar-refractivity contribution in [1.82, 2.24) is 5.32 Å². The van der Waals surface area contributed by atoms with E-state index in [1.807, 2.05) is 0 Å². The number of rotatable bonds is 12. The first-order valence-corrected chi connectivity index (χ1v) is 9.02. The van der Waals surface area contributed by atoms with Gasteiger partial charge < -0.3 is 15.2 Å². The Bertz CT molecular complexity index is 256. The molecule has 0 aromatic rings. The van der Waals surface area contributed by atoms with Crippen molar-refractivity contribution in [2.24, 2.45) is 5.41 Å². The Morgan fingerprint density at radius 3 is 2.57 bits per heavy atom. The van der Waals surface area contributed by atoms with Crippen LogP contribution in [0, 0.1) is 5.41 Å². The molecule has 0 heterocycles. The normalized spacial score (nSPS) is 22.6. The first-order valence-electron chi connectivity index (χ1n) is 9.02. The topological polar surface area (TPSA) is 41.5 Å². The molecule has 1 aliphatic rings. The number of hydrogen-bond donors (Lipinski definition) is 2. The van der Waals surface area contributed by atoms with Gasteiger partial charge in [0.1, 0.15) is 0 Å². The fraction of sp³-hybridized carbons (Fsp3) is 1.00. The summed E-state index contributed by atoms with van der Waals surface area (Å²) in [6.45, 7) is 8.82. The van der Waals surface area contributed by atoms with Crippen LogP contribution < -0.4 is 5.32 Å². The van der Waals surface area contributed by atoms with Crippen molar-refractivity contribution >= 4 is 0 Å². The smallest absolute Gasteiger partial charge is 0.0897 e. The van der Waals surface area contributed by atoms with Gasteiger partial charge in [0.2, 0.25) is 0 Å². The van der Waals surface area contributed by atoms with E-state index in [4.69, 9.17) is 4.74 Å². The van der Waals surface area contributed by atoms with E-state index in [1.165, 1.54) is 51.4 Å². The molecule has 126 valence electrons. The third kappa shape index (κ3) is 9.49. The molecule has 0 radical (unpaired) electrons. The molecule has 0 spiro atoms. The second-order valence-electron chi connectivity index (χ2n) is 7.51. The Morgan fingerprint density at radius 1 is 1.19 bits per heavy atom. The summed E-state index contributed by atoms with van der Waals surface area (Å²) in [6, 6.07) is 0.577. The molecule has 0 aromatic heterocycles. The molecule has 3 heteroatoms. The first kappa shape index (κ1) is 18.9. The van der Waals surface area contributed by atoms with Crippen molar-refractivity contribution in [2.45, 2.75) is 90.7 Å². The van der Waals surface area contributed by atoms with E-state index in [-0.39, 0.29) is 6.10 Å². The number of ether oxygens (including phenoxy) is 1. The Balaban J connectivity index is 1.89. The van der Waals surface area contributed by atoms with E-state index >= 15 is 0 Å². The summed E-state index contributed by atoms with van der Waals surface area (Å²) >= 11 is 0. The van der Waals surface area contributed by atoms with Crippen LogP contribution in [0.3, 0.4) is 0 Å². The van der Waals surface area contributed by atoms with Crippen LogP contribution in [-0.4, -0.2) is 37.0 Å². The SMILES string of the molecule is CCCCCCCCOCC(O)CNC1CCC(C)(C)C1. The molecule has 2 atom stereocenters. The van der Waals surface area contributed by atoms with Crippen LogP contribution >= 0.6 is 0 Å². The molecule has 0 aliphatic heterocycles. The van der Waals surface area contributed by atoms with Gasteiger partial charge in [-0.2, -0.15) is 0 Å². The van der Waals surface area contributed by atoms with Gasteiger partial charge in [-0.15, -0.1) is 0 Å². The van der Waals surface area contributed by atoms with E-state index in [0.717, 1.165) is 13.0 Å². The molecule has 2 N–H and O–H groups in total. The lowest BCUT2D eigenvalue weighted by Crippen LogP contribution is -2.36. The summed E-state index contributed by atoms with van der Waals surface area (Å²) in [5.41, 5.74) is 0.469. The average Bonchev–Trinajstić information content (AvgIpc) is 2.79. The largest absolute Gasteiger partial charge is 0.389 e. The number of unbranched alkanes of at least 4 members (excludes halogenated alkanes) is 5. The molecule has 0 bridgehead atoms. The highest BCUT2D eigenvalue weighted by molar-refractivity contribution is 4.86. The highest BCUT2D eigenvalue weighted by Crippen LogP contribution is 2.36. The summed E-state index contributed by atoms with van der Waals surface area (Å²) in [6.07, 6.45) is 11.1. The minimum absolute atomic E-state index is 0.367. The average molecular weight is 299 g/mol. The molecule has 1 saturated carbocycles. The maximum atomic E-state index is 9.92. The van der Waals surface area contributed by atoms with Gasteiger partial charge in [0.25, 0.3) is 0 Å².